The normalized spacial score (nSPS) is 12.9. The molecular formula is C13H18N2O2. The lowest BCUT2D eigenvalue weighted by atomic mass is 10.0. The Morgan fingerprint density at radius 3 is 3.00 bits per heavy atom. The summed E-state index contributed by atoms with van der Waals surface area (Å²) in [5.74, 6) is 0.827. The zero-order valence-electron chi connectivity index (χ0n) is 9.94. The third kappa shape index (κ3) is 2.43. The number of benzene rings is 1. The zero-order valence-corrected chi connectivity index (χ0v) is 9.94. The van der Waals surface area contributed by atoms with Gasteiger partial charge in [0, 0.05) is 29.7 Å². The van der Waals surface area contributed by atoms with Gasteiger partial charge in [-0.1, -0.05) is 0 Å². The van der Waals surface area contributed by atoms with E-state index in [1.807, 2.05) is 24.4 Å². The van der Waals surface area contributed by atoms with E-state index in [1.54, 1.807) is 7.11 Å². The van der Waals surface area contributed by atoms with E-state index in [-0.39, 0.29) is 12.6 Å². The van der Waals surface area contributed by atoms with Crippen LogP contribution in [0.3, 0.4) is 0 Å². The molecule has 0 saturated heterocycles. The average Bonchev–Trinajstić information content (AvgIpc) is 2.78. The fraction of sp³-hybridized carbons (Fsp3) is 0.385. The second kappa shape index (κ2) is 5.21. The molecule has 92 valence electrons. The van der Waals surface area contributed by atoms with Crippen LogP contribution in [0.5, 0.6) is 5.75 Å². The summed E-state index contributed by atoms with van der Waals surface area (Å²) in [5.41, 5.74) is 8.24. The van der Waals surface area contributed by atoms with Gasteiger partial charge in [-0.3, -0.25) is 0 Å². The van der Waals surface area contributed by atoms with Gasteiger partial charge in [-0.2, -0.15) is 0 Å². The number of fused-ring (bicyclic) bond motifs is 1. The van der Waals surface area contributed by atoms with E-state index in [0.717, 1.165) is 35.1 Å². The number of aromatic nitrogens is 1. The Morgan fingerprint density at radius 2 is 2.29 bits per heavy atom. The highest BCUT2D eigenvalue weighted by atomic mass is 16.5. The van der Waals surface area contributed by atoms with Crippen LogP contribution in [0.15, 0.2) is 24.4 Å². The van der Waals surface area contributed by atoms with Crippen molar-refractivity contribution in [3.63, 3.8) is 0 Å². The molecule has 0 aliphatic rings. The number of hydrogen-bond donors (Lipinski definition) is 3. The molecule has 1 aromatic carbocycles. The smallest absolute Gasteiger partial charge is 0.119 e. The summed E-state index contributed by atoms with van der Waals surface area (Å²) in [6, 6.07) is 5.83. The molecule has 2 rings (SSSR count). The van der Waals surface area contributed by atoms with Crippen molar-refractivity contribution in [2.75, 3.05) is 13.7 Å². The molecule has 17 heavy (non-hydrogen) atoms. The molecule has 0 fully saturated rings. The fourth-order valence-corrected chi connectivity index (χ4v) is 2.02. The van der Waals surface area contributed by atoms with E-state index in [4.69, 9.17) is 15.6 Å². The SMILES string of the molecule is COc1ccc2[nH]cc([C@H](N)CCCO)c2c1. The monoisotopic (exact) mass is 234 g/mol. The number of hydrogen-bond acceptors (Lipinski definition) is 3. The second-order valence-electron chi connectivity index (χ2n) is 4.13. The van der Waals surface area contributed by atoms with E-state index < -0.39 is 0 Å². The first-order valence-electron chi connectivity index (χ1n) is 5.77. The van der Waals surface area contributed by atoms with Crippen molar-refractivity contribution in [3.05, 3.63) is 30.0 Å². The van der Waals surface area contributed by atoms with Crippen molar-refractivity contribution in [2.24, 2.45) is 5.73 Å². The van der Waals surface area contributed by atoms with Gasteiger partial charge in [0.1, 0.15) is 5.75 Å². The Balaban J connectivity index is 2.33. The summed E-state index contributed by atoms with van der Waals surface area (Å²) in [5, 5.41) is 9.92. The number of aromatic amines is 1. The molecule has 1 aromatic heterocycles. The molecule has 1 atom stereocenters. The molecule has 0 aliphatic heterocycles. The van der Waals surface area contributed by atoms with Crippen LogP contribution in [0.2, 0.25) is 0 Å². The third-order valence-electron chi connectivity index (χ3n) is 2.99. The highest BCUT2D eigenvalue weighted by Crippen LogP contribution is 2.28. The topological polar surface area (TPSA) is 71.3 Å². The minimum atomic E-state index is -0.0528. The largest absolute Gasteiger partial charge is 0.497 e. The summed E-state index contributed by atoms with van der Waals surface area (Å²) in [7, 11) is 1.65. The Kier molecular flexibility index (Phi) is 3.66. The second-order valence-corrected chi connectivity index (χ2v) is 4.13. The summed E-state index contributed by atoms with van der Waals surface area (Å²) in [4.78, 5) is 3.20. The first-order valence-corrected chi connectivity index (χ1v) is 5.77. The van der Waals surface area contributed by atoms with Crippen molar-refractivity contribution in [3.8, 4) is 5.75 Å². The van der Waals surface area contributed by atoms with Gasteiger partial charge in [-0.15, -0.1) is 0 Å². The lowest BCUT2D eigenvalue weighted by Gasteiger charge is -2.10. The van der Waals surface area contributed by atoms with Crippen LogP contribution in [-0.2, 0) is 0 Å². The maximum absolute atomic E-state index is 8.82. The Morgan fingerprint density at radius 1 is 1.47 bits per heavy atom. The number of H-pyrrole nitrogens is 1. The predicted octanol–water partition coefficient (Wildman–Crippen LogP) is 1.95. The van der Waals surface area contributed by atoms with Crippen LogP contribution < -0.4 is 10.5 Å². The first kappa shape index (κ1) is 12.0. The molecule has 0 bridgehead atoms. The predicted molar refractivity (Wildman–Crippen MR) is 68.1 cm³/mol. The first-order chi connectivity index (χ1) is 8.26. The van der Waals surface area contributed by atoms with Crippen LogP contribution in [0, 0.1) is 0 Å². The van der Waals surface area contributed by atoms with Gasteiger partial charge in [0.25, 0.3) is 0 Å². The van der Waals surface area contributed by atoms with Crippen LogP contribution >= 0.6 is 0 Å². The molecule has 0 unspecified atom stereocenters. The molecule has 4 heteroatoms. The molecule has 0 saturated carbocycles. The molecular weight excluding hydrogens is 216 g/mol. The third-order valence-corrected chi connectivity index (χ3v) is 2.99. The van der Waals surface area contributed by atoms with Crippen molar-refractivity contribution in [1.82, 2.24) is 4.98 Å². The van der Waals surface area contributed by atoms with Crippen LogP contribution in [0.4, 0.5) is 0 Å². The quantitative estimate of drug-likeness (QED) is 0.740. The molecule has 2 aromatic rings. The van der Waals surface area contributed by atoms with E-state index in [1.165, 1.54) is 0 Å². The number of rotatable bonds is 5. The fourth-order valence-electron chi connectivity index (χ4n) is 2.02. The summed E-state index contributed by atoms with van der Waals surface area (Å²) in [6.07, 6.45) is 3.44. The molecule has 1 heterocycles. The standard InChI is InChI=1S/C13H18N2O2/c1-17-9-4-5-13-10(7-9)11(8-15-13)12(14)3-2-6-16/h4-5,7-8,12,15-16H,2-3,6,14H2,1H3/t12-/m1/s1. The number of methoxy groups -OCH3 is 1. The van der Waals surface area contributed by atoms with Gasteiger partial charge < -0.3 is 20.6 Å². The van der Waals surface area contributed by atoms with Crippen molar-refractivity contribution >= 4 is 10.9 Å². The molecule has 4 nitrogen and oxygen atoms in total. The van der Waals surface area contributed by atoms with Crippen LogP contribution in [0.1, 0.15) is 24.4 Å². The van der Waals surface area contributed by atoms with E-state index in [9.17, 15) is 0 Å². The minimum absolute atomic E-state index is 0.0528. The van der Waals surface area contributed by atoms with Crippen molar-refractivity contribution < 1.29 is 9.84 Å². The summed E-state index contributed by atoms with van der Waals surface area (Å²) < 4.78 is 5.21. The lowest BCUT2D eigenvalue weighted by molar-refractivity contribution is 0.280. The van der Waals surface area contributed by atoms with Gasteiger partial charge >= 0.3 is 0 Å². The maximum atomic E-state index is 8.82. The van der Waals surface area contributed by atoms with Gasteiger partial charge in [-0.25, -0.2) is 0 Å². The number of aliphatic hydroxyl groups excluding tert-OH is 1. The Hall–Kier alpha value is -1.52. The van der Waals surface area contributed by atoms with Crippen molar-refractivity contribution in [1.29, 1.82) is 0 Å². The number of nitrogens with one attached hydrogen (secondary N) is 1. The van der Waals surface area contributed by atoms with Crippen LogP contribution in [-0.4, -0.2) is 23.8 Å². The average molecular weight is 234 g/mol. The number of ether oxygens (including phenoxy) is 1. The Labute approximate surface area is 100 Å². The number of nitrogens with two attached hydrogens (primary N) is 1. The van der Waals surface area contributed by atoms with E-state index in [0.29, 0.717) is 0 Å². The number of aliphatic hydroxyl groups is 1. The maximum Gasteiger partial charge on any atom is 0.119 e. The van der Waals surface area contributed by atoms with Gasteiger partial charge in [0.05, 0.1) is 7.11 Å². The zero-order chi connectivity index (χ0) is 12.3. The molecule has 0 radical (unpaired) electrons. The summed E-state index contributed by atoms with van der Waals surface area (Å²) >= 11 is 0. The van der Waals surface area contributed by atoms with E-state index >= 15 is 0 Å². The van der Waals surface area contributed by atoms with Gasteiger partial charge in [-0.05, 0) is 36.6 Å². The van der Waals surface area contributed by atoms with Crippen molar-refractivity contribution in [2.45, 2.75) is 18.9 Å². The molecule has 0 amide bonds. The van der Waals surface area contributed by atoms with Gasteiger partial charge in [0.2, 0.25) is 0 Å². The molecule has 4 N–H and O–H groups in total. The lowest BCUT2D eigenvalue weighted by Crippen LogP contribution is -2.10. The summed E-state index contributed by atoms with van der Waals surface area (Å²) in [6.45, 7) is 0.180. The van der Waals surface area contributed by atoms with Crippen LogP contribution in [0.25, 0.3) is 10.9 Å². The Bertz CT molecular complexity index is 493. The molecule has 0 spiro atoms. The highest BCUT2D eigenvalue weighted by molar-refractivity contribution is 5.85. The minimum Gasteiger partial charge on any atom is -0.497 e. The highest BCUT2D eigenvalue weighted by Gasteiger charge is 2.11. The van der Waals surface area contributed by atoms with Gasteiger partial charge in [0.15, 0.2) is 0 Å². The van der Waals surface area contributed by atoms with E-state index in [2.05, 4.69) is 4.98 Å². The molecule has 0 aliphatic carbocycles.